The molecule has 0 aliphatic heterocycles. The SMILES string of the molecule is O=S(=O)(c1ccc(-c2ccc(F)cc2)cc1)N(Cc1ccc(-c2ccc(CNC3CCCCC3)cc2)cc1)Cc1cccnc1. The van der Waals surface area contributed by atoms with E-state index in [4.69, 9.17) is 0 Å². The molecule has 1 aliphatic carbocycles. The second-order valence-corrected chi connectivity index (χ2v) is 13.7. The van der Waals surface area contributed by atoms with Gasteiger partial charge in [0.1, 0.15) is 5.82 Å². The van der Waals surface area contributed by atoms with Crippen LogP contribution < -0.4 is 5.32 Å². The summed E-state index contributed by atoms with van der Waals surface area (Å²) in [6, 6.07) is 34.0. The Labute approximate surface area is 265 Å². The van der Waals surface area contributed by atoms with E-state index in [-0.39, 0.29) is 23.8 Å². The van der Waals surface area contributed by atoms with E-state index in [1.165, 1.54) is 54.1 Å². The lowest BCUT2D eigenvalue weighted by atomic mass is 9.95. The Hall–Kier alpha value is -4.17. The summed E-state index contributed by atoms with van der Waals surface area (Å²) in [5, 5.41) is 3.71. The molecular formula is C38H38FN3O2S. The lowest BCUT2D eigenvalue weighted by Crippen LogP contribution is -2.30. The minimum Gasteiger partial charge on any atom is -0.310 e. The molecule has 1 N–H and O–H groups in total. The largest absolute Gasteiger partial charge is 0.310 e. The van der Waals surface area contributed by atoms with Gasteiger partial charge >= 0.3 is 0 Å². The molecule has 1 heterocycles. The van der Waals surface area contributed by atoms with Gasteiger partial charge in [-0.1, -0.05) is 98.1 Å². The van der Waals surface area contributed by atoms with Gasteiger partial charge < -0.3 is 5.32 Å². The molecule has 1 aromatic heterocycles. The Morgan fingerprint density at radius 1 is 0.667 bits per heavy atom. The quantitative estimate of drug-likeness (QED) is 0.161. The average Bonchev–Trinajstić information content (AvgIpc) is 3.09. The van der Waals surface area contributed by atoms with Crippen LogP contribution in [0.3, 0.4) is 0 Å². The van der Waals surface area contributed by atoms with E-state index < -0.39 is 10.0 Å². The first-order chi connectivity index (χ1) is 21.9. The lowest BCUT2D eigenvalue weighted by Gasteiger charge is -2.23. The van der Waals surface area contributed by atoms with E-state index in [1.807, 2.05) is 24.3 Å². The van der Waals surface area contributed by atoms with Crippen LogP contribution in [0.2, 0.25) is 0 Å². The molecular weight excluding hydrogens is 582 g/mol. The second-order valence-electron chi connectivity index (χ2n) is 11.8. The molecule has 1 fully saturated rings. The van der Waals surface area contributed by atoms with Gasteiger partial charge in [-0.25, -0.2) is 12.8 Å². The van der Waals surface area contributed by atoms with Crippen LogP contribution in [0.5, 0.6) is 0 Å². The number of hydrogen-bond donors (Lipinski definition) is 1. The molecule has 1 aliphatic rings. The monoisotopic (exact) mass is 619 g/mol. The molecule has 7 heteroatoms. The first kappa shape index (κ1) is 30.8. The van der Waals surface area contributed by atoms with Gasteiger partial charge in [0.05, 0.1) is 4.90 Å². The van der Waals surface area contributed by atoms with Crippen LogP contribution >= 0.6 is 0 Å². The van der Waals surface area contributed by atoms with Crippen LogP contribution in [0.25, 0.3) is 22.3 Å². The van der Waals surface area contributed by atoms with E-state index in [9.17, 15) is 12.8 Å². The highest BCUT2D eigenvalue weighted by Gasteiger charge is 2.25. The highest BCUT2D eigenvalue weighted by molar-refractivity contribution is 7.89. The molecule has 0 amide bonds. The number of aromatic nitrogens is 1. The normalized spacial score (nSPS) is 14.1. The number of sulfonamides is 1. The van der Waals surface area contributed by atoms with Gasteiger partial charge in [0.2, 0.25) is 10.0 Å². The molecule has 230 valence electrons. The summed E-state index contributed by atoms with van der Waals surface area (Å²) >= 11 is 0. The highest BCUT2D eigenvalue weighted by Crippen LogP contribution is 2.27. The van der Waals surface area contributed by atoms with Crippen molar-refractivity contribution in [2.75, 3.05) is 0 Å². The highest BCUT2D eigenvalue weighted by atomic mass is 32.2. The third kappa shape index (κ3) is 7.92. The maximum absolute atomic E-state index is 14.0. The van der Waals surface area contributed by atoms with E-state index in [2.05, 4.69) is 46.7 Å². The van der Waals surface area contributed by atoms with Crippen LogP contribution in [0.1, 0.15) is 48.8 Å². The van der Waals surface area contributed by atoms with E-state index in [0.29, 0.717) is 6.04 Å². The Balaban J connectivity index is 1.17. The summed E-state index contributed by atoms with van der Waals surface area (Å²) in [5.74, 6) is -0.312. The number of nitrogens with zero attached hydrogens (tertiary/aromatic N) is 2. The first-order valence-electron chi connectivity index (χ1n) is 15.6. The van der Waals surface area contributed by atoms with Crippen molar-refractivity contribution in [3.8, 4) is 22.3 Å². The number of nitrogens with one attached hydrogen (secondary N) is 1. The summed E-state index contributed by atoms with van der Waals surface area (Å²) in [5.41, 5.74) is 6.83. The van der Waals surface area contributed by atoms with Gasteiger partial charge in [-0.15, -0.1) is 0 Å². The van der Waals surface area contributed by atoms with E-state index in [0.717, 1.165) is 39.9 Å². The molecule has 45 heavy (non-hydrogen) atoms. The minimum atomic E-state index is -3.84. The molecule has 0 spiro atoms. The molecule has 6 rings (SSSR count). The fourth-order valence-corrected chi connectivity index (χ4v) is 7.34. The molecule has 5 nitrogen and oxygen atoms in total. The smallest absolute Gasteiger partial charge is 0.243 e. The molecule has 5 aromatic rings. The summed E-state index contributed by atoms with van der Waals surface area (Å²) in [6.45, 7) is 1.29. The summed E-state index contributed by atoms with van der Waals surface area (Å²) in [6.07, 6.45) is 9.92. The fraction of sp³-hybridized carbons (Fsp3) is 0.237. The average molecular weight is 620 g/mol. The van der Waals surface area contributed by atoms with Crippen molar-refractivity contribution < 1.29 is 12.8 Å². The Morgan fingerprint density at radius 2 is 1.20 bits per heavy atom. The zero-order valence-corrected chi connectivity index (χ0v) is 26.1. The Kier molecular flexibility index (Phi) is 9.79. The van der Waals surface area contributed by atoms with E-state index in [1.54, 1.807) is 48.8 Å². The van der Waals surface area contributed by atoms with E-state index >= 15 is 0 Å². The van der Waals surface area contributed by atoms with Crippen LogP contribution in [0.15, 0.2) is 126 Å². The lowest BCUT2D eigenvalue weighted by molar-refractivity contribution is 0.372. The Bertz CT molecular complexity index is 1770. The zero-order valence-electron chi connectivity index (χ0n) is 25.3. The van der Waals surface area contributed by atoms with Crippen molar-refractivity contribution in [1.29, 1.82) is 0 Å². The van der Waals surface area contributed by atoms with Gasteiger partial charge in [0.25, 0.3) is 0 Å². The molecule has 1 saturated carbocycles. The van der Waals surface area contributed by atoms with Crippen molar-refractivity contribution in [2.45, 2.75) is 62.7 Å². The van der Waals surface area contributed by atoms with Crippen molar-refractivity contribution in [3.63, 3.8) is 0 Å². The fourth-order valence-electron chi connectivity index (χ4n) is 5.92. The maximum atomic E-state index is 14.0. The van der Waals surface area contributed by atoms with Gasteiger partial charge in [0, 0.05) is 38.1 Å². The summed E-state index contributed by atoms with van der Waals surface area (Å²) in [4.78, 5) is 4.39. The third-order valence-corrected chi connectivity index (χ3v) is 10.4. The summed E-state index contributed by atoms with van der Waals surface area (Å²) in [7, 11) is -3.84. The molecule has 0 saturated heterocycles. The number of benzene rings is 4. The third-order valence-electron chi connectivity index (χ3n) is 8.55. The summed E-state index contributed by atoms with van der Waals surface area (Å²) < 4.78 is 42.8. The first-order valence-corrected chi connectivity index (χ1v) is 17.0. The standard InChI is InChI=1S/C38H38FN3O2S/c39-36-20-16-34(17-21-36)35-18-22-38(23-19-35)45(43,44)42(28-31-5-4-24-40-25-31)27-30-10-14-33(15-11-30)32-12-8-29(9-13-32)26-41-37-6-2-1-3-7-37/h4-5,8-25,37,41H,1-3,6-7,26-28H2. The molecule has 0 atom stereocenters. The molecule has 0 bridgehead atoms. The molecule has 0 unspecified atom stereocenters. The zero-order chi connectivity index (χ0) is 31.1. The molecule has 4 aromatic carbocycles. The topological polar surface area (TPSA) is 62.3 Å². The van der Waals surface area contributed by atoms with Crippen molar-refractivity contribution in [1.82, 2.24) is 14.6 Å². The second kappa shape index (κ2) is 14.3. The predicted octanol–water partition coefficient (Wildman–Crippen LogP) is 8.37. The van der Waals surface area contributed by atoms with Gasteiger partial charge in [0.15, 0.2) is 0 Å². The maximum Gasteiger partial charge on any atom is 0.243 e. The predicted molar refractivity (Wildman–Crippen MR) is 178 cm³/mol. The van der Waals surface area contributed by atoms with Crippen molar-refractivity contribution >= 4 is 10.0 Å². The minimum absolute atomic E-state index is 0.188. The van der Waals surface area contributed by atoms with Crippen LogP contribution in [-0.2, 0) is 29.7 Å². The van der Waals surface area contributed by atoms with Gasteiger partial charge in [-0.05, 0) is 82.1 Å². The molecule has 0 radical (unpaired) electrons. The van der Waals surface area contributed by atoms with Crippen LogP contribution in [0.4, 0.5) is 4.39 Å². The Morgan fingerprint density at radius 3 is 1.78 bits per heavy atom. The van der Waals surface area contributed by atoms with Crippen molar-refractivity contribution in [2.24, 2.45) is 0 Å². The van der Waals surface area contributed by atoms with Crippen LogP contribution in [-0.4, -0.2) is 23.7 Å². The van der Waals surface area contributed by atoms with Gasteiger partial charge in [-0.3, -0.25) is 4.98 Å². The number of halogens is 1. The van der Waals surface area contributed by atoms with Crippen molar-refractivity contribution in [3.05, 3.63) is 144 Å². The van der Waals surface area contributed by atoms with Gasteiger partial charge in [-0.2, -0.15) is 4.31 Å². The number of pyridine rings is 1. The number of hydrogen-bond acceptors (Lipinski definition) is 4. The van der Waals surface area contributed by atoms with Crippen LogP contribution in [0, 0.1) is 5.82 Å². The number of rotatable bonds is 11.